The summed E-state index contributed by atoms with van der Waals surface area (Å²) >= 11 is 0. The lowest BCUT2D eigenvalue weighted by molar-refractivity contribution is 0.677. The van der Waals surface area contributed by atoms with Gasteiger partial charge in [-0.3, -0.25) is 4.21 Å². The Balaban J connectivity index is 2.86. The lowest BCUT2D eigenvalue weighted by Gasteiger charge is -2.03. The van der Waals surface area contributed by atoms with Crippen LogP contribution in [-0.4, -0.2) is 9.46 Å². The minimum Gasteiger partial charge on any atom is -0.254 e. The number of benzene rings is 1. The van der Waals surface area contributed by atoms with Gasteiger partial charge in [0.25, 0.3) is 0 Å². The van der Waals surface area contributed by atoms with Crippen molar-refractivity contribution in [2.75, 3.05) is 0 Å². The molecule has 0 heterocycles. The highest BCUT2D eigenvalue weighted by molar-refractivity contribution is 7.85. The molecule has 0 saturated heterocycles. The molecular formula is C9H12OS. The van der Waals surface area contributed by atoms with Crippen LogP contribution in [0.2, 0.25) is 0 Å². The van der Waals surface area contributed by atoms with E-state index in [1.54, 1.807) is 0 Å². The van der Waals surface area contributed by atoms with Crippen molar-refractivity contribution in [1.82, 2.24) is 0 Å². The van der Waals surface area contributed by atoms with Gasteiger partial charge in [-0.1, -0.05) is 32.0 Å². The van der Waals surface area contributed by atoms with Crippen molar-refractivity contribution in [1.29, 1.82) is 0 Å². The highest BCUT2D eigenvalue weighted by Crippen LogP contribution is 2.09. The molecular weight excluding hydrogens is 156 g/mol. The molecule has 0 aliphatic rings. The largest absolute Gasteiger partial charge is 0.254 e. The van der Waals surface area contributed by atoms with Gasteiger partial charge in [0.1, 0.15) is 0 Å². The van der Waals surface area contributed by atoms with Crippen molar-refractivity contribution in [2.24, 2.45) is 0 Å². The second kappa shape index (κ2) is 3.67. The first-order valence-electron chi connectivity index (χ1n) is 3.67. The average molecular weight is 168 g/mol. The van der Waals surface area contributed by atoms with Crippen LogP contribution >= 0.6 is 0 Å². The van der Waals surface area contributed by atoms with Gasteiger partial charge in [-0.2, -0.15) is 0 Å². The molecule has 11 heavy (non-hydrogen) atoms. The quantitative estimate of drug-likeness (QED) is 0.661. The van der Waals surface area contributed by atoms with Gasteiger partial charge in [0.15, 0.2) is 0 Å². The Kier molecular flexibility index (Phi) is 2.83. The molecule has 1 unspecified atom stereocenters. The normalized spacial score (nSPS) is 13.4. The summed E-state index contributed by atoms with van der Waals surface area (Å²) in [5, 5.41) is 0.206. The van der Waals surface area contributed by atoms with Crippen molar-refractivity contribution in [3.05, 3.63) is 30.3 Å². The summed E-state index contributed by atoms with van der Waals surface area (Å²) in [7, 11) is -0.835. The summed E-state index contributed by atoms with van der Waals surface area (Å²) in [6, 6.07) is 9.55. The monoisotopic (exact) mass is 168 g/mol. The van der Waals surface area contributed by atoms with Crippen LogP contribution in [0.4, 0.5) is 0 Å². The summed E-state index contributed by atoms with van der Waals surface area (Å²) in [5.74, 6) is 0. The van der Waals surface area contributed by atoms with Gasteiger partial charge >= 0.3 is 0 Å². The molecule has 0 N–H and O–H groups in total. The molecule has 0 bridgehead atoms. The molecule has 1 rings (SSSR count). The number of hydrogen-bond donors (Lipinski definition) is 0. The van der Waals surface area contributed by atoms with Crippen molar-refractivity contribution in [2.45, 2.75) is 24.0 Å². The van der Waals surface area contributed by atoms with Crippen LogP contribution in [0.25, 0.3) is 0 Å². The van der Waals surface area contributed by atoms with Crippen LogP contribution in [0.15, 0.2) is 35.2 Å². The van der Waals surface area contributed by atoms with Crippen molar-refractivity contribution in [3.63, 3.8) is 0 Å². The van der Waals surface area contributed by atoms with Crippen LogP contribution < -0.4 is 0 Å². The fraction of sp³-hybridized carbons (Fsp3) is 0.333. The highest BCUT2D eigenvalue weighted by Gasteiger charge is 2.05. The zero-order valence-electron chi connectivity index (χ0n) is 6.78. The van der Waals surface area contributed by atoms with E-state index in [0.717, 1.165) is 4.90 Å². The van der Waals surface area contributed by atoms with E-state index in [2.05, 4.69) is 0 Å². The Morgan fingerprint density at radius 1 is 1.18 bits per heavy atom. The minimum absolute atomic E-state index is 0.206. The highest BCUT2D eigenvalue weighted by atomic mass is 32.2. The van der Waals surface area contributed by atoms with Crippen molar-refractivity contribution in [3.8, 4) is 0 Å². The van der Waals surface area contributed by atoms with Crippen LogP contribution in [-0.2, 0) is 10.8 Å². The standard InChI is InChI=1S/C9H12OS/c1-8(2)11(10)9-6-4-3-5-7-9/h3-8H,1-2H3. The summed E-state index contributed by atoms with van der Waals surface area (Å²) in [6.45, 7) is 3.92. The van der Waals surface area contributed by atoms with Gasteiger partial charge in [0, 0.05) is 10.1 Å². The van der Waals surface area contributed by atoms with Crippen LogP contribution in [0, 0.1) is 0 Å². The maximum absolute atomic E-state index is 11.5. The topological polar surface area (TPSA) is 17.1 Å². The molecule has 0 amide bonds. The second-order valence-electron chi connectivity index (χ2n) is 2.66. The molecule has 1 nitrogen and oxygen atoms in total. The summed E-state index contributed by atoms with van der Waals surface area (Å²) in [4.78, 5) is 0.919. The number of rotatable bonds is 2. The third kappa shape index (κ3) is 2.15. The van der Waals surface area contributed by atoms with Crippen molar-refractivity contribution < 1.29 is 4.21 Å². The Labute approximate surface area is 69.9 Å². The first kappa shape index (κ1) is 8.47. The Morgan fingerprint density at radius 3 is 2.18 bits per heavy atom. The predicted octanol–water partition coefficient (Wildman–Crippen LogP) is 2.20. The third-order valence-electron chi connectivity index (χ3n) is 1.40. The Morgan fingerprint density at radius 2 is 1.73 bits per heavy atom. The van der Waals surface area contributed by atoms with E-state index < -0.39 is 10.8 Å². The van der Waals surface area contributed by atoms with Crippen LogP contribution in [0.1, 0.15) is 13.8 Å². The van der Waals surface area contributed by atoms with Gasteiger partial charge in [-0.15, -0.1) is 0 Å². The van der Waals surface area contributed by atoms with E-state index in [1.807, 2.05) is 44.2 Å². The van der Waals surface area contributed by atoms with Crippen LogP contribution in [0.5, 0.6) is 0 Å². The molecule has 0 aliphatic heterocycles. The summed E-state index contributed by atoms with van der Waals surface area (Å²) in [5.41, 5.74) is 0. The van der Waals surface area contributed by atoms with Gasteiger partial charge in [-0.05, 0) is 12.1 Å². The van der Waals surface area contributed by atoms with E-state index in [4.69, 9.17) is 0 Å². The van der Waals surface area contributed by atoms with E-state index >= 15 is 0 Å². The summed E-state index contributed by atoms with van der Waals surface area (Å²) < 4.78 is 11.5. The van der Waals surface area contributed by atoms with E-state index in [9.17, 15) is 4.21 Å². The predicted molar refractivity (Wildman–Crippen MR) is 48.0 cm³/mol. The Bertz CT molecular complexity index is 241. The van der Waals surface area contributed by atoms with Gasteiger partial charge in [0.2, 0.25) is 0 Å². The molecule has 60 valence electrons. The van der Waals surface area contributed by atoms with E-state index in [0.29, 0.717) is 0 Å². The smallest absolute Gasteiger partial charge is 0.0555 e. The second-order valence-corrected chi connectivity index (χ2v) is 4.67. The molecule has 1 atom stereocenters. The van der Waals surface area contributed by atoms with Gasteiger partial charge in [-0.25, -0.2) is 0 Å². The zero-order chi connectivity index (χ0) is 8.27. The molecule has 1 aromatic carbocycles. The van der Waals surface area contributed by atoms with E-state index in [-0.39, 0.29) is 5.25 Å². The number of hydrogen-bond acceptors (Lipinski definition) is 1. The molecule has 0 fully saturated rings. The zero-order valence-corrected chi connectivity index (χ0v) is 7.60. The molecule has 0 spiro atoms. The minimum atomic E-state index is -0.835. The molecule has 2 heteroatoms. The third-order valence-corrected chi connectivity index (χ3v) is 3.00. The van der Waals surface area contributed by atoms with Gasteiger partial charge < -0.3 is 0 Å². The van der Waals surface area contributed by atoms with Crippen molar-refractivity contribution >= 4 is 10.8 Å². The van der Waals surface area contributed by atoms with Gasteiger partial charge in [0.05, 0.1) is 10.8 Å². The Hall–Kier alpha value is -0.630. The maximum Gasteiger partial charge on any atom is 0.0555 e. The average Bonchev–Trinajstić information content (AvgIpc) is 2.05. The lowest BCUT2D eigenvalue weighted by atomic mass is 10.4. The molecule has 0 radical (unpaired) electrons. The fourth-order valence-corrected chi connectivity index (χ4v) is 1.80. The van der Waals surface area contributed by atoms with Crippen LogP contribution in [0.3, 0.4) is 0 Å². The van der Waals surface area contributed by atoms with E-state index in [1.165, 1.54) is 0 Å². The molecule has 0 aromatic heterocycles. The molecule has 1 aromatic rings. The maximum atomic E-state index is 11.5. The summed E-state index contributed by atoms with van der Waals surface area (Å²) in [6.07, 6.45) is 0. The molecule has 0 aliphatic carbocycles. The molecule has 0 saturated carbocycles. The lowest BCUT2D eigenvalue weighted by Crippen LogP contribution is -2.04. The fourth-order valence-electron chi connectivity index (χ4n) is 0.827. The first-order chi connectivity index (χ1) is 5.22. The SMILES string of the molecule is CC(C)S(=O)c1ccccc1. The first-order valence-corrected chi connectivity index (χ1v) is 4.88.